The summed E-state index contributed by atoms with van der Waals surface area (Å²) in [6.07, 6.45) is -0.351. The van der Waals surface area contributed by atoms with E-state index < -0.39 is 0 Å². The number of rotatable bonds is 3. The molecule has 3 N–H and O–H groups in total. The van der Waals surface area contributed by atoms with Gasteiger partial charge in [0, 0.05) is 37.2 Å². The molecule has 72 valence electrons. The minimum atomic E-state index is -0.351. The molecule has 2 atom stereocenters. The van der Waals surface area contributed by atoms with Crippen molar-refractivity contribution in [3.63, 3.8) is 0 Å². The third-order valence-corrected chi connectivity index (χ3v) is 3.41. The Morgan fingerprint density at radius 3 is 3.08 bits per heavy atom. The lowest BCUT2D eigenvalue weighted by Crippen LogP contribution is -2.46. The molecule has 12 heavy (non-hydrogen) atoms. The standard InChI is InChI=1S/C8H18N2OS/c1-7-6-12-3-2-10(7)5-8(11)4-9/h7-8,11H,2-6,9H2,1H3. The summed E-state index contributed by atoms with van der Waals surface area (Å²) in [5, 5.41) is 9.35. The highest BCUT2D eigenvalue weighted by atomic mass is 32.2. The van der Waals surface area contributed by atoms with Crippen LogP contribution >= 0.6 is 11.8 Å². The molecule has 1 aliphatic rings. The summed E-state index contributed by atoms with van der Waals surface area (Å²) in [5.74, 6) is 2.36. The third kappa shape index (κ3) is 2.94. The number of nitrogens with two attached hydrogens (primary N) is 1. The Bertz CT molecular complexity index is 134. The SMILES string of the molecule is CC1CSCCN1CC(O)CN. The quantitative estimate of drug-likeness (QED) is 0.644. The van der Waals surface area contributed by atoms with Gasteiger partial charge < -0.3 is 10.8 Å². The smallest absolute Gasteiger partial charge is 0.0789 e. The summed E-state index contributed by atoms with van der Waals surface area (Å²) in [5.41, 5.74) is 5.35. The Kier molecular flexibility index (Phi) is 4.35. The summed E-state index contributed by atoms with van der Waals surface area (Å²) >= 11 is 1.99. The normalized spacial score (nSPS) is 28.8. The van der Waals surface area contributed by atoms with Gasteiger partial charge in [-0.3, -0.25) is 4.90 Å². The van der Waals surface area contributed by atoms with Crippen LogP contribution in [0.2, 0.25) is 0 Å². The molecule has 0 aromatic carbocycles. The van der Waals surface area contributed by atoms with E-state index in [1.54, 1.807) is 0 Å². The van der Waals surface area contributed by atoms with Gasteiger partial charge in [0.15, 0.2) is 0 Å². The van der Waals surface area contributed by atoms with Crippen LogP contribution in [0.4, 0.5) is 0 Å². The number of aliphatic hydroxyl groups is 1. The highest BCUT2D eigenvalue weighted by Gasteiger charge is 2.20. The molecule has 1 rings (SSSR count). The minimum absolute atomic E-state index is 0.351. The van der Waals surface area contributed by atoms with Gasteiger partial charge in [-0.1, -0.05) is 0 Å². The molecule has 1 heterocycles. The Hall–Kier alpha value is 0.230. The van der Waals surface area contributed by atoms with Crippen molar-refractivity contribution in [1.29, 1.82) is 0 Å². The zero-order chi connectivity index (χ0) is 8.97. The van der Waals surface area contributed by atoms with Gasteiger partial charge in [0.25, 0.3) is 0 Å². The van der Waals surface area contributed by atoms with E-state index in [-0.39, 0.29) is 6.10 Å². The van der Waals surface area contributed by atoms with Crippen LogP contribution in [0.15, 0.2) is 0 Å². The number of hydrogen-bond donors (Lipinski definition) is 2. The summed E-state index contributed by atoms with van der Waals surface area (Å²) in [6.45, 7) is 4.40. The Morgan fingerprint density at radius 1 is 1.75 bits per heavy atom. The monoisotopic (exact) mass is 190 g/mol. The van der Waals surface area contributed by atoms with Crippen molar-refractivity contribution in [3.05, 3.63) is 0 Å². The first-order chi connectivity index (χ1) is 5.74. The Labute approximate surface area is 78.3 Å². The highest BCUT2D eigenvalue weighted by Crippen LogP contribution is 2.15. The number of aliphatic hydroxyl groups excluding tert-OH is 1. The van der Waals surface area contributed by atoms with Crippen molar-refractivity contribution in [2.24, 2.45) is 5.73 Å². The number of thioether (sulfide) groups is 1. The van der Waals surface area contributed by atoms with Crippen LogP contribution in [-0.4, -0.2) is 53.3 Å². The van der Waals surface area contributed by atoms with E-state index in [1.165, 1.54) is 11.5 Å². The summed E-state index contributed by atoms with van der Waals surface area (Å²) in [7, 11) is 0. The summed E-state index contributed by atoms with van der Waals surface area (Å²) in [4.78, 5) is 2.31. The van der Waals surface area contributed by atoms with E-state index in [0.29, 0.717) is 12.6 Å². The van der Waals surface area contributed by atoms with Gasteiger partial charge in [0.05, 0.1) is 6.10 Å². The first kappa shape index (κ1) is 10.3. The van der Waals surface area contributed by atoms with E-state index in [1.807, 2.05) is 11.8 Å². The first-order valence-electron chi connectivity index (χ1n) is 4.44. The zero-order valence-electron chi connectivity index (χ0n) is 7.57. The number of β-amino-alcohol motifs (C(OH)–C–C–N with tert-alkyl or cyclic N) is 1. The first-order valence-corrected chi connectivity index (χ1v) is 5.59. The topological polar surface area (TPSA) is 49.5 Å². The Balaban J connectivity index is 2.28. The maximum Gasteiger partial charge on any atom is 0.0789 e. The van der Waals surface area contributed by atoms with Crippen LogP contribution in [-0.2, 0) is 0 Å². The molecule has 0 saturated carbocycles. The molecular weight excluding hydrogens is 172 g/mol. The zero-order valence-corrected chi connectivity index (χ0v) is 8.39. The summed E-state index contributed by atoms with van der Waals surface area (Å²) in [6, 6.07) is 0.588. The maximum atomic E-state index is 9.35. The number of nitrogens with zero attached hydrogens (tertiary/aromatic N) is 1. The molecular formula is C8H18N2OS. The molecule has 0 aromatic rings. The molecule has 0 aromatic heterocycles. The molecule has 0 radical (unpaired) electrons. The van der Waals surface area contributed by atoms with Crippen molar-refractivity contribution >= 4 is 11.8 Å². The fourth-order valence-corrected chi connectivity index (χ4v) is 2.46. The van der Waals surface area contributed by atoms with Gasteiger partial charge in [0.2, 0.25) is 0 Å². The molecule has 4 heteroatoms. The van der Waals surface area contributed by atoms with Crippen molar-refractivity contribution in [3.8, 4) is 0 Å². The Morgan fingerprint density at radius 2 is 2.50 bits per heavy atom. The molecule has 0 spiro atoms. The fraction of sp³-hybridized carbons (Fsp3) is 1.00. The van der Waals surface area contributed by atoms with Gasteiger partial charge in [-0.25, -0.2) is 0 Å². The van der Waals surface area contributed by atoms with E-state index in [2.05, 4.69) is 11.8 Å². The molecule has 0 aliphatic carbocycles. The lowest BCUT2D eigenvalue weighted by molar-refractivity contribution is 0.104. The largest absolute Gasteiger partial charge is 0.390 e. The molecule has 3 nitrogen and oxygen atoms in total. The second-order valence-corrected chi connectivity index (χ2v) is 4.46. The fourth-order valence-electron chi connectivity index (χ4n) is 1.38. The third-order valence-electron chi connectivity index (χ3n) is 2.22. The van der Waals surface area contributed by atoms with Crippen LogP contribution in [0.5, 0.6) is 0 Å². The molecule has 1 saturated heterocycles. The second kappa shape index (κ2) is 5.07. The van der Waals surface area contributed by atoms with Gasteiger partial charge in [-0.2, -0.15) is 11.8 Å². The molecule has 1 aliphatic heterocycles. The van der Waals surface area contributed by atoms with Crippen LogP contribution in [0, 0.1) is 0 Å². The predicted molar refractivity (Wildman–Crippen MR) is 53.4 cm³/mol. The molecule has 2 unspecified atom stereocenters. The van der Waals surface area contributed by atoms with Crippen LogP contribution in [0.25, 0.3) is 0 Å². The van der Waals surface area contributed by atoms with Gasteiger partial charge >= 0.3 is 0 Å². The van der Waals surface area contributed by atoms with E-state index in [0.717, 1.165) is 13.1 Å². The van der Waals surface area contributed by atoms with Gasteiger partial charge in [0.1, 0.15) is 0 Å². The van der Waals surface area contributed by atoms with Crippen molar-refractivity contribution in [2.45, 2.75) is 19.1 Å². The molecule has 0 bridgehead atoms. The van der Waals surface area contributed by atoms with Crippen molar-refractivity contribution in [1.82, 2.24) is 4.90 Å². The van der Waals surface area contributed by atoms with E-state index >= 15 is 0 Å². The maximum absolute atomic E-state index is 9.35. The van der Waals surface area contributed by atoms with Crippen LogP contribution in [0.1, 0.15) is 6.92 Å². The number of hydrogen-bond acceptors (Lipinski definition) is 4. The van der Waals surface area contributed by atoms with Crippen molar-refractivity contribution < 1.29 is 5.11 Å². The second-order valence-electron chi connectivity index (χ2n) is 3.31. The van der Waals surface area contributed by atoms with E-state index in [4.69, 9.17) is 5.73 Å². The average Bonchev–Trinajstić information content (AvgIpc) is 2.09. The average molecular weight is 190 g/mol. The predicted octanol–water partition coefficient (Wildman–Crippen LogP) is -0.257. The minimum Gasteiger partial charge on any atom is -0.390 e. The van der Waals surface area contributed by atoms with Gasteiger partial charge in [-0.05, 0) is 6.92 Å². The lowest BCUT2D eigenvalue weighted by atomic mass is 10.2. The molecule has 1 fully saturated rings. The van der Waals surface area contributed by atoms with Crippen LogP contribution in [0.3, 0.4) is 0 Å². The highest BCUT2D eigenvalue weighted by molar-refractivity contribution is 7.99. The summed E-state index contributed by atoms with van der Waals surface area (Å²) < 4.78 is 0. The molecule has 0 amide bonds. The van der Waals surface area contributed by atoms with E-state index in [9.17, 15) is 5.11 Å². The van der Waals surface area contributed by atoms with Crippen molar-refractivity contribution in [2.75, 3.05) is 31.1 Å². The lowest BCUT2D eigenvalue weighted by Gasteiger charge is -2.34. The van der Waals surface area contributed by atoms with Crippen LogP contribution < -0.4 is 5.73 Å². The van der Waals surface area contributed by atoms with Gasteiger partial charge in [-0.15, -0.1) is 0 Å².